The second-order valence-electron chi connectivity index (χ2n) is 1.95. The van der Waals surface area contributed by atoms with E-state index in [1.165, 1.54) is 19.5 Å². The zero-order valence-corrected chi connectivity index (χ0v) is 6.71. The number of hydrogen-bond acceptors (Lipinski definition) is 5. The average Bonchev–Trinajstić information content (AvgIpc) is 2.18. The highest BCUT2D eigenvalue weighted by atomic mass is 16.5. The molecule has 13 heavy (non-hydrogen) atoms. The number of esters is 1. The van der Waals surface area contributed by atoms with E-state index in [0.29, 0.717) is 0 Å². The second-order valence-corrected chi connectivity index (χ2v) is 1.95. The van der Waals surface area contributed by atoms with Gasteiger partial charge in [-0.3, -0.25) is 0 Å². The summed E-state index contributed by atoms with van der Waals surface area (Å²) in [6.07, 6.45) is 2.47. The van der Waals surface area contributed by atoms with E-state index in [2.05, 4.69) is 24.7 Å². The fraction of sp³-hybridized carbons (Fsp3) is 0.167. The van der Waals surface area contributed by atoms with Crippen LogP contribution in [0.5, 0.6) is 0 Å². The normalized spacial score (nSPS) is 8.69. The molecule has 0 amide bonds. The Morgan fingerprint density at radius 2 is 2.23 bits per heavy atom. The van der Waals surface area contributed by atoms with Crippen LogP contribution in [0, 0.1) is 0 Å². The molecule has 0 aliphatic heterocycles. The molecule has 0 atom stereocenters. The minimum absolute atomic E-state index is 0.0700. The highest BCUT2D eigenvalue weighted by molar-refractivity contribution is 5.84. The van der Waals surface area contributed by atoms with Gasteiger partial charge in [0.05, 0.1) is 12.8 Å². The summed E-state index contributed by atoms with van der Waals surface area (Å²) in [5.74, 6) is -0.702. The Hall–Kier alpha value is -2.14. The number of ether oxygens (including phenoxy) is 1. The molecule has 0 aromatic carbocycles. The average molecular weight is 179 g/mol. The van der Waals surface area contributed by atoms with Gasteiger partial charge in [-0.15, -0.1) is 0 Å². The first-order valence-corrected chi connectivity index (χ1v) is 3.23. The molecule has 1 aromatic heterocycles. The first-order chi connectivity index (χ1) is 6.27. The SMILES string of the molecule is COC(=O)c1ncc(N=[N+]=[N-])cn1. The van der Waals surface area contributed by atoms with Crippen molar-refractivity contribution in [3.05, 3.63) is 28.7 Å². The topological polar surface area (TPSA) is 101 Å². The molecule has 7 nitrogen and oxygen atoms in total. The maximum atomic E-state index is 10.8. The summed E-state index contributed by atoms with van der Waals surface area (Å²) in [6.45, 7) is 0. The molecule has 0 saturated carbocycles. The van der Waals surface area contributed by atoms with Gasteiger partial charge in [-0.05, 0) is 5.53 Å². The number of nitrogens with zero attached hydrogens (tertiary/aromatic N) is 5. The largest absolute Gasteiger partial charge is 0.463 e. The molecule has 66 valence electrons. The van der Waals surface area contributed by atoms with Crippen molar-refractivity contribution >= 4 is 11.7 Å². The maximum Gasteiger partial charge on any atom is 0.376 e. The molecule has 0 N–H and O–H groups in total. The van der Waals surface area contributed by atoms with Crippen LogP contribution in [0.2, 0.25) is 0 Å². The third-order valence-electron chi connectivity index (χ3n) is 1.17. The first-order valence-electron chi connectivity index (χ1n) is 3.23. The van der Waals surface area contributed by atoms with Crippen LogP contribution in [0.1, 0.15) is 10.6 Å². The zero-order valence-electron chi connectivity index (χ0n) is 6.71. The second kappa shape index (κ2) is 4.03. The Balaban J connectivity index is 2.93. The van der Waals surface area contributed by atoms with Crippen LogP contribution in [-0.2, 0) is 4.74 Å². The lowest BCUT2D eigenvalue weighted by atomic mass is 10.5. The Kier molecular flexibility index (Phi) is 2.77. The maximum absolute atomic E-state index is 10.8. The monoisotopic (exact) mass is 179 g/mol. The summed E-state index contributed by atoms with van der Waals surface area (Å²) >= 11 is 0. The minimum atomic E-state index is -0.632. The molecule has 0 spiro atoms. The molecule has 7 heteroatoms. The standard InChI is InChI=1S/C6H5N5O2/c1-13-6(12)5-8-2-4(3-9-5)10-11-7/h2-3H,1H3. The first kappa shape index (κ1) is 8.95. The van der Waals surface area contributed by atoms with Crippen LogP contribution in [0.3, 0.4) is 0 Å². The predicted molar refractivity (Wildman–Crippen MR) is 42.2 cm³/mol. The van der Waals surface area contributed by atoms with Gasteiger partial charge in [0.15, 0.2) is 0 Å². The molecule has 1 heterocycles. The molecule has 0 aliphatic carbocycles. The van der Waals surface area contributed by atoms with Gasteiger partial charge in [0.2, 0.25) is 5.82 Å². The van der Waals surface area contributed by atoms with E-state index < -0.39 is 5.97 Å². The van der Waals surface area contributed by atoms with Gasteiger partial charge in [-0.2, -0.15) is 0 Å². The summed E-state index contributed by atoms with van der Waals surface area (Å²) in [5.41, 5.74) is 8.30. The van der Waals surface area contributed by atoms with Crippen molar-refractivity contribution in [3.63, 3.8) is 0 Å². The van der Waals surface area contributed by atoms with E-state index >= 15 is 0 Å². The fourth-order valence-corrected chi connectivity index (χ4v) is 0.621. The molecular formula is C6H5N5O2. The highest BCUT2D eigenvalue weighted by Crippen LogP contribution is 2.07. The number of azide groups is 1. The lowest BCUT2D eigenvalue weighted by Gasteiger charge is -1.95. The summed E-state index contributed by atoms with van der Waals surface area (Å²) in [5, 5.41) is 3.24. The van der Waals surface area contributed by atoms with Crippen molar-refractivity contribution < 1.29 is 9.53 Å². The molecule has 0 radical (unpaired) electrons. The Morgan fingerprint density at radius 1 is 1.62 bits per heavy atom. The predicted octanol–water partition coefficient (Wildman–Crippen LogP) is 1.21. The molecule has 1 aromatic rings. The molecule has 0 bridgehead atoms. The van der Waals surface area contributed by atoms with Crippen molar-refractivity contribution in [1.29, 1.82) is 0 Å². The van der Waals surface area contributed by atoms with E-state index in [1.807, 2.05) is 0 Å². The van der Waals surface area contributed by atoms with Crippen LogP contribution in [0.25, 0.3) is 10.4 Å². The van der Waals surface area contributed by atoms with Crippen LogP contribution in [0.4, 0.5) is 5.69 Å². The summed E-state index contributed by atoms with van der Waals surface area (Å²) in [4.78, 5) is 20.6. The zero-order chi connectivity index (χ0) is 9.68. The number of carbonyl (C=O) groups is 1. The fourth-order valence-electron chi connectivity index (χ4n) is 0.621. The quantitative estimate of drug-likeness (QED) is 0.294. The molecule has 1 rings (SSSR count). The smallest absolute Gasteiger partial charge is 0.376 e. The van der Waals surface area contributed by atoms with E-state index in [1.54, 1.807) is 0 Å². The molecule has 0 fully saturated rings. The number of carbonyl (C=O) groups excluding carboxylic acids is 1. The van der Waals surface area contributed by atoms with Crippen LogP contribution in [-0.4, -0.2) is 23.0 Å². The molecular weight excluding hydrogens is 174 g/mol. The van der Waals surface area contributed by atoms with Gasteiger partial charge >= 0.3 is 5.97 Å². The Labute approximate surface area is 73.0 Å². The van der Waals surface area contributed by atoms with Gasteiger partial charge in [-0.25, -0.2) is 14.8 Å². The number of rotatable bonds is 2. The summed E-state index contributed by atoms with van der Waals surface area (Å²) < 4.78 is 4.37. The molecule has 0 unspecified atom stereocenters. The van der Waals surface area contributed by atoms with Gasteiger partial charge in [0.25, 0.3) is 0 Å². The Bertz CT molecular complexity index is 354. The van der Waals surface area contributed by atoms with E-state index in [-0.39, 0.29) is 11.5 Å². The Morgan fingerprint density at radius 3 is 2.69 bits per heavy atom. The lowest BCUT2D eigenvalue weighted by Crippen LogP contribution is -2.05. The molecule has 0 aliphatic rings. The number of aromatic nitrogens is 2. The van der Waals surface area contributed by atoms with Crippen molar-refractivity contribution in [2.45, 2.75) is 0 Å². The van der Waals surface area contributed by atoms with Crippen molar-refractivity contribution in [2.24, 2.45) is 5.11 Å². The van der Waals surface area contributed by atoms with Crippen molar-refractivity contribution in [2.75, 3.05) is 7.11 Å². The van der Waals surface area contributed by atoms with Crippen molar-refractivity contribution in [3.8, 4) is 0 Å². The van der Waals surface area contributed by atoms with Crippen LogP contribution in [0.15, 0.2) is 17.5 Å². The van der Waals surface area contributed by atoms with E-state index in [9.17, 15) is 4.79 Å². The van der Waals surface area contributed by atoms with Gasteiger partial charge in [0.1, 0.15) is 0 Å². The third kappa shape index (κ3) is 2.14. The van der Waals surface area contributed by atoms with Gasteiger partial charge < -0.3 is 4.74 Å². The molecule has 0 saturated heterocycles. The summed E-state index contributed by atoms with van der Waals surface area (Å²) in [6, 6.07) is 0. The number of methoxy groups -OCH3 is 1. The van der Waals surface area contributed by atoms with Crippen molar-refractivity contribution in [1.82, 2.24) is 9.97 Å². The highest BCUT2D eigenvalue weighted by Gasteiger charge is 2.07. The minimum Gasteiger partial charge on any atom is -0.463 e. The van der Waals surface area contributed by atoms with Crippen LogP contribution < -0.4 is 0 Å². The summed E-state index contributed by atoms with van der Waals surface area (Å²) in [7, 11) is 1.23. The lowest BCUT2D eigenvalue weighted by molar-refractivity contribution is 0.0586. The van der Waals surface area contributed by atoms with E-state index in [0.717, 1.165) is 0 Å². The van der Waals surface area contributed by atoms with Gasteiger partial charge in [-0.1, -0.05) is 5.11 Å². The number of hydrogen-bond donors (Lipinski definition) is 0. The van der Waals surface area contributed by atoms with Gasteiger partial charge in [0, 0.05) is 17.3 Å². The third-order valence-corrected chi connectivity index (χ3v) is 1.17. The van der Waals surface area contributed by atoms with Crippen LogP contribution >= 0.6 is 0 Å². The van der Waals surface area contributed by atoms with E-state index in [4.69, 9.17) is 5.53 Å².